The summed E-state index contributed by atoms with van der Waals surface area (Å²) in [5, 5.41) is 7.08. The third-order valence-corrected chi connectivity index (χ3v) is 9.62. The van der Waals surface area contributed by atoms with Crippen molar-refractivity contribution in [2.75, 3.05) is 0 Å². The van der Waals surface area contributed by atoms with Gasteiger partial charge in [-0.2, -0.15) is 0 Å². The Morgan fingerprint density at radius 2 is 0.917 bits per heavy atom. The van der Waals surface area contributed by atoms with Gasteiger partial charge in [0.2, 0.25) is 0 Å². The molecule has 0 spiro atoms. The van der Waals surface area contributed by atoms with E-state index >= 15 is 0 Å². The zero-order valence-corrected chi connectivity index (χ0v) is 26.0. The summed E-state index contributed by atoms with van der Waals surface area (Å²) in [7, 11) is 0. The fourth-order valence-electron chi connectivity index (χ4n) is 7.63. The maximum atomic E-state index is 6.36. The molecule has 0 unspecified atom stereocenters. The van der Waals surface area contributed by atoms with Gasteiger partial charge in [-0.05, 0) is 80.2 Å². The first kappa shape index (κ1) is 26.7. The Kier molecular flexibility index (Phi) is 5.87. The fraction of sp³-hybridized carbons (Fsp3) is 0. The van der Waals surface area contributed by atoms with Gasteiger partial charge in [0.1, 0.15) is 17.0 Å². The van der Waals surface area contributed by atoms with Gasteiger partial charge < -0.3 is 4.42 Å². The van der Waals surface area contributed by atoms with Crippen LogP contribution in [0.4, 0.5) is 0 Å². The van der Waals surface area contributed by atoms with Crippen molar-refractivity contribution in [3.05, 3.63) is 170 Å². The smallest absolute Gasteiger partial charge is 0.146 e. The molecule has 10 aromatic rings. The van der Waals surface area contributed by atoms with Gasteiger partial charge >= 0.3 is 0 Å². The molecule has 0 aliphatic heterocycles. The largest absolute Gasteiger partial charge is 0.456 e. The molecule has 2 aromatic heterocycles. The predicted molar refractivity (Wildman–Crippen MR) is 200 cm³/mol. The van der Waals surface area contributed by atoms with E-state index in [0.29, 0.717) is 0 Å². The van der Waals surface area contributed by atoms with Gasteiger partial charge in [-0.1, -0.05) is 133 Å². The number of benzene rings is 8. The minimum Gasteiger partial charge on any atom is -0.456 e. The van der Waals surface area contributed by atoms with Crippen molar-refractivity contribution in [3.63, 3.8) is 0 Å². The second-order valence-electron chi connectivity index (χ2n) is 12.3. The van der Waals surface area contributed by atoms with E-state index in [2.05, 4.69) is 168 Å². The van der Waals surface area contributed by atoms with Crippen molar-refractivity contribution >= 4 is 54.5 Å². The molecule has 48 heavy (non-hydrogen) atoms. The first-order valence-corrected chi connectivity index (χ1v) is 16.3. The number of fused-ring (bicyclic) bond motifs is 6. The molecule has 0 amide bonds. The maximum Gasteiger partial charge on any atom is 0.146 e. The summed E-state index contributed by atoms with van der Waals surface area (Å²) in [6.07, 6.45) is 0. The number of nitrogens with zero attached hydrogens (tertiary/aromatic N) is 2. The summed E-state index contributed by atoms with van der Waals surface area (Å²) in [6.45, 7) is 0. The number of hydrogen-bond acceptors (Lipinski definition) is 2. The first-order valence-electron chi connectivity index (χ1n) is 16.3. The lowest BCUT2D eigenvalue weighted by atomic mass is 9.84. The van der Waals surface area contributed by atoms with E-state index in [4.69, 9.17) is 9.40 Å². The highest BCUT2D eigenvalue weighted by Crippen LogP contribution is 2.48. The Labute approximate surface area is 277 Å². The molecule has 0 aliphatic carbocycles. The van der Waals surface area contributed by atoms with Crippen molar-refractivity contribution in [3.8, 4) is 39.3 Å². The molecule has 3 nitrogen and oxygen atoms in total. The molecule has 3 heteroatoms. The molecule has 8 aromatic carbocycles. The molecule has 224 valence electrons. The van der Waals surface area contributed by atoms with Crippen molar-refractivity contribution in [1.82, 2.24) is 9.55 Å². The zero-order valence-electron chi connectivity index (χ0n) is 26.0. The van der Waals surface area contributed by atoms with E-state index in [9.17, 15) is 0 Å². The number of para-hydroxylation sites is 4. The van der Waals surface area contributed by atoms with E-state index in [1.165, 1.54) is 38.2 Å². The summed E-state index contributed by atoms with van der Waals surface area (Å²) >= 11 is 0. The molecule has 0 aliphatic rings. The highest BCUT2D eigenvalue weighted by molar-refractivity contribution is 6.26. The molecule has 0 bridgehead atoms. The lowest BCUT2D eigenvalue weighted by Crippen LogP contribution is -1.99. The summed E-state index contributed by atoms with van der Waals surface area (Å²) < 4.78 is 8.65. The van der Waals surface area contributed by atoms with Crippen LogP contribution in [0.1, 0.15) is 0 Å². The van der Waals surface area contributed by atoms with Crippen LogP contribution in [0, 0.1) is 0 Å². The van der Waals surface area contributed by atoms with Crippen LogP contribution in [-0.2, 0) is 0 Å². The molecule has 0 saturated carbocycles. The highest BCUT2D eigenvalue weighted by atomic mass is 16.3. The topological polar surface area (TPSA) is 31.0 Å². The monoisotopic (exact) mass is 612 g/mol. The van der Waals surface area contributed by atoms with E-state index in [1.807, 2.05) is 6.07 Å². The van der Waals surface area contributed by atoms with Crippen molar-refractivity contribution in [1.29, 1.82) is 0 Å². The average Bonchev–Trinajstić information content (AvgIpc) is 3.73. The Bertz CT molecular complexity index is 2780. The Morgan fingerprint density at radius 3 is 1.65 bits per heavy atom. The number of aromatic nitrogens is 2. The van der Waals surface area contributed by atoms with Crippen LogP contribution in [0.15, 0.2) is 174 Å². The van der Waals surface area contributed by atoms with E-state index in [1.54, 1.807) is 0 Å². The number of hydrogen-bond donors (Lipinski definition) is 0. The molecule has 2 heterocycles. The number of imidazole rings is 1. The molecular formula is C45H28N2O. The summed E-state index contributed by atoms with van der Waals surface area (Å²) in [6, 6.07) is 60.1. The minimum absolute atomic E-state index is 0.899. The van der Waals surface area contributed by atoms with Crippen molar-refractivity contribution in [2.24, 2.45) is 0 Å². The lowest BCUT2D eigenvalue weighted by molar-refractivity contribution is 0.669. The van der Waals surface area contributed by atoms with Crippen LogP contribution in [0.5, 0.6) is 0 Å². The van der Waals surface area contributed by atoms with Gasteiger partial charge in [0.15, 0.2) is 0 Å². The quantitative estimate of drug-likeness (QED) is 0.185. The molecule has 0 N–H and O–H groups in total. The van der Waals surface area contributed by atoms with Gasteiger partial charge in [0, 0.05) is 22.0 Å². The fourth-order valence-corrected chi connectivity index (χ4v) is 7.63. The van der Waals surface area contributed by atoms with Crippen molar-refractivity contribution < 1.29 is 4.42 Å². The second kappa shape index (κ2) is 10.5. The Balaban J connectivity index is 1.32. The highest BCUT2D eigenvalue weighted by Gasteiger charge is 2.23. The third-order valence-electron chi connectivity index (χ3n) is 9.62. The van der Waals surface area contributed by atoms with Gasteiger partial charge in [-0.15, -0.1) is 0 Å². The summed E-state index contributed by atoms with van der Waals surface area (Å²) in [5.41, 5.74) is 10.8. The van der Waals surface area contributed by atoms with E-state index in [-0.39, 0.29) is 0 Å². The number of furan rings is 1. The maximum absolute atomic E-state index is 6.36. The molecule has 10 rings (SSSR count). The third kappa shape index (κ3) is 3.91. The van der Waals surface area contributed by atoms with Gasteiger partial charge in [-0.25, -0.2) is 4.98 Å². The van der Waals surface area contributed by atoms with Crippen LogP contribution in [-0.4, -0.2) is 9.55 Å². The zero-order chi connectivity index (χ0) is 31.6. The normalized spacial score (nSPS) is 11.8. The standard InChI is InChI=1S/C45H28N2O/c1-2-15-29(16-3-1)47-39-26-12-11-25-38(39)46-45(47)35-22-9-8-21-34(35)42-30-17-4-6-19-32(30)43(33-20-7-5-18-31(33)42)37-24-14-28-41-44(37)36-23-10-13-27-40(36)48-41/h1-28H. The van der Waals surface area contributed by atoms with Gasteiger partial charge in [0.25, 0.3) is 0 Å². The SMILES string of the molecule is c1ccc(-n2c(-c3ccccc3-c3c4ccccc4c(-c4cccc5oc6ccccc6c45)c4ccccc34)nc3ccccc32)cc1. The second-order valence-corrected chi connectivity index (χ2v) is 12.3. The van der Waals surface area contributed by atoms with Crippen LogP contribution >= 0.6 is 0 Å². The predicted octanol–water partition coefficient (Wildman–Crippen LogP) is 12.2. The Morgan fingerprint density at radius 1 is 0.396 bits per heavy atom. The molecule has 0 fully saturated rings. The molecule has 0 atom stereocenters. The lowest BCUT2D eigenvalue weighted by Gasteiger charge is -2.20. The minimum atomic E-state index is 0.899. The first-order chi connectivity index (χ1) is 23.8. The summed E-state index contributed by atoms with van der Waals surface area (Å²) in [4.78, 5) is 5.28. The van der Waals surface area contributed by atoms with Gasteiger partial charge in [0.05, 0.1) is 11.0 Å². The molecule has 0 saturated heterocycles. The van der Waals surface area contributed by atoms with Crippen LogP contribution < -0.4 is 0 Å². The van der Waals surface area contributed by atoms with Crippen LogP contribution in [0.3, 0.4) is 0 Å². The number of rotatable bonds is 4. The Hall–Kier alpha value is -6.45. The van der Waals surface area contributed by atoms with Crippen LogP contribution in [0.25, 0.3) is 93.8 Å². The average molecular weight is 613 g/mol. The van der Waals surface area contributed by atoms with E-state index in [0.717, 1.165) is 55.6 Å². The van der Waals surface area contributed by atoms with E-state index < -0.39 is 0 Å². The summed E-state index contributed by atoms with van der Waals surface area (Å²) in [5.74, 6) is 0.921. The molecular weight excluding hydrogens is 585 g/mol. The van der Waals surface area contributed by atoms with Crippen molar-refractivity contribution in [2.45, 2.75) is 0 Å². The van der Waals surface area contributed by atoms with Gasteiger partial charge in [-0.3, -0.25) is 4.57 Å². The molecule has 0 radical (unpaired) electrons. The van der Waals surface area contributed by atoms with Crippen LogP contribution in [0.2, 0.25) is 0 Å².